The number of aliphatic hydroxyl groups is 1. The fraction of sp³-hybridized carbons (Fsp3) is 0.250. The summed E-state index contributed by atoms with van der Waals surface area (Å²) >= 11 is 0. The van der Waals surface area contributed by atoms with Crippen LogP contribution >= 0.6 is 0 Å². The molecule has 0 bridgehead atoms. The number of allylic oxidation sites excluding steroid dienone is 1. The number of nitrogens with one attached hydrogen (secondary N) is 1. The molecule has 4 heteroatoms. The maximum Gasteiger partial charge on any atom is 0.254 e. The second kappa shape index (κ2) is 9.01. The van der Waals surface area contributed by atoms with Crippen LogP contribution in [0.4, 0.5) is 0 Å². The Labute approximate surface area is 142 Å². The van der Waals surface area contributed by atoms with Gasteiger partial charge in [0.15, 0.2) is 6.10 Å². The molecule has 2 aromatic carbocycles. The summed E-state index contributed by atoms with van der Waals surface area (Å²) in [6, 6.07) is 18.0. The van der Waals surface area contributed by atoms with Gasteiger partial charge in [-0.15, -0.1) is 0 Å². The van der Waals surface area contributed by atoms with Crippen molar-refractivity contribution in [2.45, 2.75) is 25.2 Å². The molecule has 0 saturated heterocycles. The molecule has 0 saturated carbocycles. The highest BCUT2D eigenvalue weighted by Crippen LogP contribution is 2.21. The third-order valence-corrected chi connectivity index (χ3v) is 3.77. The van der Waals surface area contributed by atoms with E-state index in [1.165, 1.54) is 7.11 Å². The summed E-state index contributed by atoms with van der Waals surface area (Å²) in [6.45, 7) is 1.85. The molecule has 126 valence electrons. The molecule has 2 rings (SSSR count). The van der Waals surface area contributed by atoms with E-state index in [0.29, 0.717) is 0 Å². The second-order valence-electron chi connectivity index (χ2n) is 5.44. The van der Waals surface area contributed by atoms with Gasteiger partial charge in [0, 0.05) is 7.11 Å². The molecule has 3 atom stereocenters. The lowest BCUT2D eigenvalue weighted by molar-refractivity contribution is -0.132. The van der Waals surface area contributed by atoms with Gasteiger partial charge in [-0.2, -0.15) is 0 Å². The Hall–Kier alpha value is -2.43. The van der Waals surface area contributed by atoms with E-state index in [-0.39, 0.29) is 5.91 Å². The van der Waals surface area contributed by atoms with Crippen molar-refractivity contribution in [3.8, 4) is 0 Å². The summed E-state index contributed by atoms with van der Waals surface area (Å²) in [5.41, 5.74) is 1.51. The van der Waals surface area contributed by atoms with Gasteiger partial charge in [0.25, 0.3) is 5.91 Å². The lowest BCUT2D eigenvalue weighted by Gasteiger charge is -2.24. The van der Waals surface area contributed by atoms with Crippen LogP contribution in [0, 0.1) is 0 Å². The average molecular weight is 325 g/mol. The Kier molecular flexibility index (Phi) is 6.73. The van der Waals surface area contributed by atoms with E-state index in [1.54, 1.807) is 12.2 Å². The number of hydrogen-bond acceptors (Lipinski definition) is 3. The van der Waals surface area contributed by atoms with Crippen molar-refractivity contribution < 1.29 is 14.6 Å². The van der Waals surface area contributed by atoms with Crippen LogP contribution in [0.2, 0.25) is 0 Å². The molecule has 0 aromatic heterocycles. The predicted molar refractivity (Wildman–Crippen MR) is 94.3 cm³/mol. The number of rotatable bonds is 7. The van der Waals surface area contributed by atoms with Crippen LogP contribution < -0.4 is 5.32 Å². The van der Waals surface area contributed by atoms with Gasteiger partial charge in [-0.1, -0.05) is 72.8 Å². The molecule has 0 aliphatic carbocycles. The van der Waals surface area contributed by atoms with E-state index in [0.717, 1.165) is 11.1 Å². The van der Waals surface area contributed by atoms with Crippen molar-refractivity contribution in [1.29, 1.82) is 0 Å². The van der Waals surface area contributed by atoms with Crippen molar-refractivity contribution >= 4 is 5.91 Å². The Morgan fingerprint density at radius 3 is 2.08 bits per heavy atom. The highest BCUT2D eigenvalue weighted by molar-refractivity contribution is 5.82. The number of methoxy groups -OCH3 is 1. The molecule has 4 nitrogen and oxygen atoms in total. The normalized spacial score (nSPS) is 15.0. The van der Waals surface area contributed by atoms with Gasteiger partial charge in [0.2, 0.25) is 0 Å². The molecular formula is C20H23NO3. The van der Waals surface area contributed by atoms with Crippen molar-refractivity contribution in [2.24, 2.45) is 0 Å². The highest BCUT2D eigenvalue weighted by Gasteiger charge is 2.25. The maximum atomic E-state index is 12.6. The standard InChI is InChI=1S/C20H23NO3/c1-3-10-17(18(22)15-11-6-4-7-12-15)21-20(23)19(24-2)16-13-8-5-9-14-16/h3-14,17-19,22H,1-2H3,(H,21,23)/b10-3+/t17-,18-,19+/m1/s1. The van der Waals surface area contributed by atoms with Crippen molar-refractivity contribution in [3.63, 3.8) is 0 Å². The van der Waals surface area contributed by atoms with Gasteiger partial charge in [0.05, 0.1) is 6.04 Å². The number of carbonyl (C=O) groups excluding carboxylic acids is 1. The minimum atomic E-state index is -0.834. The summed E-state index contributed by atoms with van der Waals surface area (Å²) in [5, 5.41) is 13.4. The summed E-state index contributed by atoms with van der Waals surface area (Å²) in [5.74, 6) is -0.290. The number of aliphatic hydroxyl groups excluding tert-OH is 1. The van der Waals surface area contributed by atoms with E-state index in [9.17, 15) is 9.90 Å². The molecule has 2 aromatic rings. The first-order chi connectivity index (χ1) is 11.7. The van der Waals surface area contributed by atoms with Crippen LogP contribution in [0.3, 0.4) is 0 Å². The zero-order chi connectivity index (χ0) is 17.4. The van der Waals surface area contributed by atoms with Crippen molar-refractivity contribution in [1.82, 2.24) is 5.32 Å². The average Bonchev–Trinajstić information content (AvgIpc) is 2.63. The lowest BCUT2D eigenvalue weighted by Crippen LogP contribution is -2.41. The number of ether oxygens (including phenoxy) is 1. The minimum absolute atomic E-state index is 0.290. The first kappa shape index (κ1) is 17.9. The number of benzene rings is 2. The summed E-state index contributed by atoms with van der Waals surface area (Å²) in [7, 11) is 1.50. The first-order valence-corrected chi connectivity index (χ1v) is 7.91. The van der Waals surface area contributed by atoms with Crippen LogP contribution in [0.25, 0.3) is 0 Å². The fourth-order valence-corrected chi connectivity index (χ4v) is 2.56. The second-order valence-corrected chi connectivity index (χ2v) is 5.44. The van der Waals surface area contributed by atoms with Crippen LogP contribution in [-0.4, -0.2) is 24.2 Å². The van der Waals surface area contributed by atoms with E-state index >= 15 is 0 Å². The molecular weight excluding hydrogens is 302 g/mol. The third kappa shape index (κ3) is 4.54. The summed E-state index contributed by atoms with van der Waals surface area (Å²) in [4.78, 5) is 12.6. The zero-order valence-electron chi connectivity index (χ0n) is 13.9. The smallest absolute Gasteiger partial charge is 0.254 e. The van der Waals surface area contributed by atoms with Crippen molar-refractivity contribution in [2.75, 3.05) is 7.11 Å². The molecule has 0 aliphatic rings. The van der Waals surface area contributed by atoms with E-state index in [4.69, 9.17) is 4.74 Å². The van der Waals surface area contributed by atoms with Gasteiger partial charge >= 0.3 is 0 Å². The molecule has 24 heavy (non-hydrogen) atoms. The summed E-state index contributed by atoms with van der Waals surface area (Å²) in [6.07, 6.45) is 2.02. The van der Waals surface area contributed by atoms with Crippen LogP contribution in [-0.2, 0) is 9.53 Å². The molecule has 0 heterocycles. The summed E-state index contributed by atoms with van der Waals surface area (Å²) < 4.78 is 5.34. The van der Waals surface area contributed by atoms with Gasteiger partial charge in [-0.25, -0.2) is 0 Å². The zero-order valence-corrected chi connectivity index (χ0v) is 13.9. The number of amides is 1. The van der Waals surface area contributed by atoms with Gasteiger partial charge in [-0.3, -0.25) is 4.79 Å². The largest absolute Gasteiger partial charge is 0.386 e. The van der Waals surface area contributed by atoms with Gasteiger partial charge < -0.3 is 15.2 Å². The Morgan fingerprint density at radius 2 is 1.58 bits per heavy atom. The van der Waals surface area contributed by atoms with E-state index in [1.807, 2.05) is 67.6 Å². The quantitative estimate of drug-likeness (QED) is 0.769. The van der Waals surface area contributed by atoms with Crippen LogP contribution in [0.1, 0.15) is 30.3 Å². The fourth-order valence-electron chi connectivity index (χ4n) is 2.56. The Bertz CT molecular complexity index is 655. The topological polar surface area (TPSA) is 58.6 Å². The Balaban J connectivity index is 2.16. The molecule has 0 unspecified atom stereocenters. The molecule has 0 radical (unpaired) electrons. The SMILES string of the molecule is C/C=C/[C@@H](NC(=O)[C@@H](OC)c1ccccc1)[C@H](O)c1ccccc1. The van der Waals surface area contributed by atoms with Crippen LogP contribution in [0.15, 0.2) is 72.8 Å². The van der Waals surface area contributed by atoms with Gasteiger partial charge in [-0.05, 0) is 18.1 Å². The van der Waals surface area contributed by atoms with Gasteiger partial charge in [0.1, 0.15) is 6.10 Å². The van der Waals surface area contributed by atoms with E-state index < -0.39 is 18.2 Å². The molecule has 0 spiro atoms. The van der Waals surface area contributed by atoms with E-state index in [2.05, 4.69) is 5.32 Å². The Morgan fingerprint density at radius 1 is 1.04 bits per heavy atom. The highest BCUT2D eigenvalue weighted by atomic mass is 16.5. The molecule has 1 amide bonds. The number of carbonyl (C=O) groups is 1. The number of hydrogen-bond donors (Lipinski definition) is 2. The molecule has 0 aliphatic heterocycles. The molecule has 2 N–H and O–H groups in total. The monoisotopic (exact) mass is 325 g/mol. The van der Waals surface area contributed by atoms with Crippen molar-refractivity contribution in [3.05, 3.63) is 83.9 Å². The third-order valence-electron chi connectivity index (χ3n) is 3.77. The first-order valence-electron chi connectivity index (χ1n) is 7.91. The predicted octanol–water partition coefficient (Wildman–Crippen LogP) is 3.17. The lowest BCUT2D eigenvalue weighted by atomic mass is 10.0. The molecule has 0 fully saturated rings. The van der Waals surface area contributed by atoms with Crippen LogP contribution in [0.5, 0.6) is 0 Å². The maximum absolute atomic E-state index is 12.6. The minimum Gasteiger partial charge on any atom is -0.386 e.